The maximum Gasteiger partial charge on any atom is 0.257 e. The molecule has 0 spiro atoms. The monoisotopic (exact) mass is 361 g/mol. The molecule has 122 valence electrons. The van der Waals surface area contributed by atoms with Crippen molar-refractivity contribution in [2.45, 2.75) is 19.1 Å². The minimum absolute atomic E-state index is 0.100. The summed E-state index contributed by atoms with van der Waals surface area (Å²) in [6.45, 7) is 1.37. The van der Waals surface area contributed by atoms with Crippen LogP contribution in [0, 0.1) is 11.6 Å². The lowest BCUT2D eigenvalue weighted by Crippen LogP contribution is -2.36. The molecular formula is C16H12Cl2F3NO. The van der Waals surface area contributed by atoms with Gasteiger partial charge in [-0.05, 0) is 31.2 Å². The molecule has 0 saturated heterocycles. The zero-order valence-corrected chi connectivity index (χ0v) is 13.4. The van der Waals surface area contributed by atoms with Crippen LogP contribution in [0.15, 0.2) is 36.4 Å². The van der Waals surface area contributed by atoms with E-state index in [1.54, 1.807) is 0 Å². The first-order valence-corrected chi connectivity index (χ1v) is 7.40. The van der Waals surface area contributed by atoms with E-state index < -0.39 is 35.3 Å². The Hall–Kier alpha value is -1.72. The molecule has 2 nitrogen and oxygen atoms in total. The summed E-state index contributed by atoms with van der Waals surface area (Å²) in [5.41, 5.74) is -0.633. The molecule has 0 aliphatic heterocycles. The number of rotatable bonds is 4. The van der Waals surface area contributed by atoms with Gasteiger partial charge in [-0.2, -0.15) is 0 Å². The van der Waals surface area contributed by atoms with E-state index in [-0.39, 0.29) is 10.6 Å². The van der Waals surface area contributed by atoms with Gasteiger partial charge in [-0.25, -0.2) is 13.2 Å². The summed E-state index contributed by atoms with van der Waals surface area (Å²) in [6.07, 6.45) is -1.67. The Kier molecular flexibility index (Phi) is 5.55. The number of carbonyl (C=O) groups excluding carboxylic acids is 1. The highest BCUT2D eigenvalue weighted by Gasteiger charge is 2.25. The molecule has 0 bridgehead atoms. The molecule has 2 aromatic carbocycles. The van der Waals surface area contributed by atoms with Crippen LogP contribution in [0.25, 0.3) is 0 Å². The summed E-state index contributed by atoms with van der Waals surface area (Å²) in [4.78, 5) is 12.0. The second kappa shape index (κ2) is 7.23. The van der Waals surface area contributed by atoms with Crippen LogP contribution in [0.1, 0.15) is 29.0 Å². The summed E-state index contributed by atoms with van der Waals surface area (Å²) in [5, 5.41) is 2.68. The van der Waals surface area contributed by atoms with E-state index >= 15 is 0 Å². The van der Waals surface area contributed by atoms with Gasteiger partial charge in [0.2, 0.25) is 0 Å². The van der Waals surface area contributed by atoms with Crippen molar-refractivity contribution >= 4 is 29.1 Å². The van der Waals surface area contributed by atoms with E-state index in [2.05, 4.69) is 5.32 Å². The first-order chi connectivity index (χ1) is 10.8. The largest absolute Gasteiger partial charge is 0.346 e. The topological polar surface area (TPSA) is 29.1 Å². The zero-order valence-electron chi connectivity index (χ0n) is 11.9. The molecule has 0 heterocycles. The highest BCUT2D eigenvalue weighted by Crippen LogP contribution is 2.30. The molecule has 23 heavy (non-hydrogen) atoms. The van der Waals surface area contributed by atoms with E-state index in [0.29, 0.717) is 5.02 Å². The fourth-order valence-corrected chi connectivity index (χ4v) is 2.57. The number of benzene rings is 2. The molecule has 0 aromatic heterocycles. The van der Waals surface area contributed by atoms with Gasteiger partial charge in [0, 0.05) is 15.6 Å². The Labute approximate surface area is 141 Å². The Morgan fingerprint density at radius 1 is 1.13 bits per heavy atom. The molecule has 0 fully saturated rings. The lowest BCUT2D eigenvalue weighted by molar-refractivity contribution is 0.0907. The van der Waals surface area contributed by atoms with Crippen LogP contribution in [-0.4, -0.2) is 11.9 Å². The SMILES string of the molecule is C[C@H](NC(=O)c1c(F)cccc1F)[C@@H](F)c1ccc(Cl)cc1Cl. The van der Waals surface area contributed by atoms with Crippen molar-refractivity contribution in [3.05, 3.63) is 69.2 Å². The Bertz CT molecular complexity index is 719. The van der Waals surface area contributed by atoms with Crippen molar-refractivity contribution in [1.29, 1.82) is 0 Å². The predicted octanol–water partition coefficient (Wildman–Crippen LogP) is 5.10. The average Bonchev–Trinajstić information content (AvgIpc) is 2.46. The van der Waals surface area contributed by atoms with Crippen molar-refractivity contribution in [3.63, 3.8) is 0 Å². The van der Waals surface area contributed by atoms with Crippen molar-refractivity contribution in [2.75, 3.05) is 0 Å². The number of nitrogens with one attached hydrogen (secondary N) is 1. The quantitative estimate of drug-likeness (QED) is 0.806. The Morgan fingerprint density at radius 3 is 2.30 bits per heavy atom. The summed E-state index contributed by atoms with van der Waals surface area (Å²) in [5.74, 6) is -3.08. The second-order valence-electron chi connectivity index (χ2n) is 4.93. The number of halogens is 5. The standard InChI is InChI=1S/C16H12Cl2F3NO/c1-8(15(21)10-6-5-9(17)7-11(10)18)22-16(23)14-12(19)3-2-4-13(14)20/h2-8,15H,1H3,(H,22,23)/t8-,15+/m0/s1. The van der Waals surface area contributed by atoms with Crippen LogP contribution in [0.3, 0.4) is 0 Å². The van der Waals surface area contributed by atoms with E-state index in [1.165, 1.54) is 25.1 Å². The molecule has 0 radical (unpaired) electrons. The van der Waals surface area contributed by atoms with Gasteiger partial charge >= 0.3 is 0 Å². The van der Waals surface area contributed by atoms with Gasteiger partial charge in [0.25, 0.3) is 5.91 Å². The zero-order chi connectivity index (χ0) is 17.1. The molecule has 0 saturated carbocycles. The number of hydrogen-bond donors (Lipinski definition) is 1. The molecule has 2 atom stereocenters. The number of hydrogen-bond acceptors (Lipinski definition) is 1. The minimum Gasteiger partial charge on any atom is -0.346 e. The van der Waals surface area contributed by atoms with E-state index in [9.17, 15) is 18.0 Å². The molecule has 2 aromatic rings. The van der Waals surface area contributed by atoms with Gasteiger partial charge in [-0.3, -0.25) is 4.79 Å². The van der Waals surface area contributed by atoms with Gasteiger partial charge in [-0.15, -0.1) is 0 Å². The highest BCUT2D eigenvalue weighted by atomic mass is 35.5. The first-order valence-electron chi connectivity index (χ1n) is 6.65. The normalized spacial score (nSPS) is 13.5. The highest BCUT2D eigenvalue weighted by molar-refractivity contribution is 6.35. The van der Waals surface area contributed by atoms with Crippen LogP contribution in [0.4, 0.5) is 13.2 Å². The predicted molar refractivity (Wildman–Crippen MR) is 83.6 cm³/mol. The Balaban J connectivity index is 2.18. The minimum atomic E-state index is -1.67. The summed E-state index contributed by atoms with van der Waals surface area (Å²) < 4.78 is 41.6. The van der Waals surface area contributed by atoms with Crippen molar-refractivity contribution in [2.24, 2.45) is 0 Å². The fourth-order valence-electron chi connectivity index (χ4n) is 2.06. The third-order valence-corrected chi connectivity index (χ3v) is 3.81. The third kappa shape index (κ3) is 3.98. The number of carbonyl (C=O) groups is 1. The molecule has 1 amide bonds. The van der Waals surface area contributed by atoms with Gasteiger partial charge in [0.1, 0.15) is 23.4 Å². The molecule has 7 heteroatoms. The fraction of sp³-hybridized carbons (Fsp3) is 0.188. The van der Waals surface area contributed by atoms with E-state index in [0.717, 1.165) is 18.2 Å². The van der Waals surface area contributed by atoms with Gasteiger partial charge < -0.3 is 5.32 Å². The number of alkyl halides is 1. The van der Waals surface area contributed by atoms with Crippen LogP contribution in [0.2, 0.25) is 10.0 Å². The van der Waals surface area contributed by atoms with Gasteiger partial charge in [-0.1, -0.05) is 35.3 Å². The van der Waals surface area contributed by atoms with Crippen LogP contribution < -0.4 is 5.32 Å². The van der Waals surface area contributed by atoms with E-state index in [1.807, 2.05) is 0 Å². The van der Waals surface area contributed by atoms with Crippen LogP contribution in [0.5, 0.6) is 0 Å². The van der Waals surface area contributed by atoms with E-state index in [4.69, 9.17) is 23.2 Å². The molecule has 2 rings (SSSR count). The molecule has 0 aliphatic rings. The lowest BCUT2D eigenvalue weighted by Gasteiger charge is -2.20. The smallest absolute Gasteiger partial charge is 0.257 e. The maximum atomic E-state index is 14.5. The van der Waals surface area contributed by atoms with Crippen molar-refractivity contribution in [3.8, 4) is 0 Å². The molecule has 1 N–H and O–H groups in total. The third-order valence-electron chi connectivity index (χ3n) is 3.25. The average molecular weight is 362 g/mol. The Morgan fingerprint density at radius 2 is 1.74 bits per heavy atom. The number of amides is 1. The molecule has 0 unspecified atom stereocenters. The first kappa shape index (κ1) is 17.6. The summed E-state index contributed by atoms with van der Waals surface area (Å²) in [6, 6.07) is 6.20. The lowest BCUT2D eigenvalue weighted by atomic mass is 10.0. The summed E-state index contributed by atoms with van der Waals surface area (Å²) >= 11 is 11.7. The molecular weight excluding hydrogens is 350 g/mol. The van der Waals surface area contributed by atoms with Gasteiger partial charge in [0.05, 0.1) is 6.04 Å². The maximum absolute atomic E-state index is 14.5. The van der Waals surface area contributed by atoms with Crippen molar-refractivity contribution < 1.29 is 18.0 Å². The molecule has 0 aliphatic carbocycles. The van der Waals surface area contributed by atoms with Crippen LogP contribution in [-0.2, 0) is 0 Å². The second-order valence-corrected chi connectivity index (χ2v) is 5.77. The van der Waals surface area contributed by atoms with Crippen molar-refractivity contribution in [1.82, 2.24) is 5.32 Å². The van der Waals surface area contributed by atoms with Gasteiger partial charge in [0.15, 0.2) is 0 Å². The summed E-state index contributed by atoms with van der Waals surface area (Å²) in [7, 11) is 0. The van der Waals surface area contributed by atoms with Crippen LogP contribution >= 0.6 is 23.2 Å².